The van der Waals surface area contributed by atoms with Crippen molar-refractivity contribution in [3.8, 4) is 17.2 Å². The van der Waals surface area contributed by atoms with Crippen LogP contribution in [-0.4, -0.2) is 48.3 Å². The number of ether oxygens (including phenoxy) is 3. The number of carbonyl (C=O) groups is 1. The third-order valence-electron chi connectivity index (χ3n) is 3.90. The maximum Gasteiger partial charge on any atom is 0.255 e. The second-order valence-electron chi connectivity index (χ2n) is 5.79. The van der Waals surface area contributed by atoms with E-state index in [0.29, 0.717) is 29.4 Å². The van der Waals surface area contributed by atoms with Crippen LogP contribution in [0.25, 0.3) is 0 Å². The van der Waals surface area contributed by atoms with Gasteiger partial charge >= 0.3 is 0 Å². The first kappa shape index (κ1) is 18.6. The minimum absolute atomic E-state index is 0.141. The van der Waals surface area contributed by atoms with E-state index >= 15 is 0 Å². The molecular weight excluding hydrogens is 324 g/mol. The van der Waals surface area contributed by atoms with Crippen molar-refractivity contribution >= 4 is 5.91 Å². The molecule has 1 atom stereocenters. The first-order valence-electron chi connectivity index (χ1n) is 7.95. The predicted octanol–water partition coefficient (Wildman–Crippen LogP) is 1.76. The highest BCUT2D eigenvalue weighted by atomic mass is 16.5. The van der Waals surface area contributed by atoms with Crippen molar-refractivity contribution < 1.29 is 19.0 Å². The number of hydrogen-bond donors (Lipinski definition) is 1. The Hall–Kier alpha value is -2.77. The monoisotopic (exact) mass is 348 g/mol. The lowest BCUT2D eigenvalue weighted by molar-refractivity contribution is 0.0914. The van der Waals surface area contributed by atoms with Crippen molar-refractivity contribution in [1.29, 1.82) is 0 Å². The Labute approximate surface area is 147 Å². The van der Waals surface area contributed by atoms with E-state index in [9.17, 15) is 4.79 Å². The first-order valence-corrected chi connectivity index (χ1v) is 7.95. The van der Waals surface area contributed by atoms with Crippen molar-refractivity contribution in [1.82, 2.24) is 20.3 Å². The number of rotatable bonds is 8. The maximum absolute atomic E-state index is 12.8. The molecule has 8 heteroatoms. The fourth-order valence-corrected chi connectivity index (χ4v) is 2.46. The number of nitrogens with zero attached hydrogens (tertiary/aromatic N) is 3. The van der Waals surface area contributed by atoms with E-state index in [0.717, 1.165) is 0 Å². The lowest BCUT2D eigenvalue weighted by Crippen LogP contribution is -2.42. The maximum atomic E-state index is 12.8. The second-order valence-corrected chi connectivity index (χ2v) is 5.79. The molecule has 1 aromatic carbocycles. The van der Waals surface area contributed by atoms with Crippen LogP contribution in [0.3, 0.4) is 0 Å². The van der Waals surface area contributed by atoms with E-state index in [4.69, 9.17) is 14.2 Å². The number of carbonyl (C=O) groups excluding carboxylic acids is 1. The van der Waals surface area contributed by atoms with Gasteiger partial charge in [-0.3, -0.25) is 4.79 Å². The molecule has 1 heterocycles. The van der Waals surface area contributed by atoms with Crippen LogP contribution in [0.1, 0.15) is 24.2 Å². The Bertz CT molecular complexity index is 701. The Balaban J connectivity index is 2.26. The highest BCUT2D eigenvalue weighted by molar-refractivity contribution is 5.98. The Morgan fingerprint density at radius 3 is 2.24 bits per heavy atom. The van der Waals surface area contributed by atoms with Crippen molar-refractivity contribution in [2.24, 2.45) is 5.92 Å². The molecule has 0 saturated heterocycles. The molecule has 1 aromatic heterocycles. The number of aromatic nitrogens is 3. The third-order valence-corrected chi connectivity index (χ3v) is 3.90. The van der Waals surface area contributed by atoms with Gasteiger partial charge in [-0.2, -0.15) is 15.0 Å². The number of amides is 1. The quantitative estimate of drug-likeness (QED) is 0.782. The molecule has 1 N–H and O–H groups in total. The van der Waals surface area contributed by atoms with Gasteiger partial charge in [-0.1, -0.05) is 13.8 Å². The van der Waals surface area contributed by atoms with Gasteiger partial charge in [-0.25, -0.2) is 0 Å². The lowest BCUT2D eigenvalue weighted by atomic mass is 10.0. The summed E-state index contributed by atoms with van der Waals surface area (Å²) in [6.07, 6.45) is 3.22. The summed E-state index contributed by atoms with van der Waals surface area (Å²) in [6, 6.07) is 3.19. The highest BCUT2D eigenvalue weighted by Gasteiger charge is 2.24. The smallest absolute Gasteiger partial charge is 0.255 e. The van der Waals surface area contributed by atoms with E-state index in [1.807, 2.05) is 13.8 Å². The molecule has 0 radical (unpaired) electrons. The highest BCUT2D eigenvalue weighted by Crippen LogP contribution is 2.39. The molecule has 0 bridgehead atoms. The second kappa shape index (κ2) is 8.36. The van der Waals surface area contributed by atoms with Gasteiger partial charge in [0.05, 0.1) is 51.9 Å². The van der Waals surface area contributed by atoms with E-state index in [1.165, 1.54) is 21.3 Å². The molecule has 0 aliphatic carbocycles. The average molecular weight is 348 g/mol. The number of nitrogens with one attached hydrogen (secondary N) is 1. The van der Waals surface area contributed by atoms with Gasteiger partial charge in [-0.15, -0.1) is 0 Å². The SMILES string of the molecule is COc1ccc(C(=O)NC(Cn2nccn2)C(C)C)c(OC)c1OC. The molecule has 0 spiro atoms. The zero-order valence-electron chi connectivity index (χ0n) is 15.1. The summed E-state index contributed by atoms with van der Waals surface area (Å²) in [6.45, 7) is 4.53. The molecule has 1 amide bonds. The van der Waals surface area contributed by atoms with Gasteiger partial charge in [0, 0.05) is 0 Å². The standard InChI is InChI=1S/C17H24N4O4/c1-11(2)13(10-21-18-8-9-19-21)20-17(22)12-6-7-14(23-3)16(25-5)15(12)24-4/h6-9,11,13H,10H2,1-5H3,(H,20,22). The molecule has 0 fully saturated rings. The van der Waals surface area contributed by atoms with E-state index < -0.39 is 0 Å². The van der Waals surface area contributed by atoms with Gasteiger partial charge in [0.15, 0.2) is 11.5 Å². The van der Waals surface area contributed by atoms with Gasteiger partial charge < -0.3 is 19.5 Å². The lowest BCUT2D eigenvalue weighted by Gasteiger charge is -2.23. The van der Waals surface area contributed by atoms with Gasteiger partial charge in [0.2, 0.25) is 5.75 Å². The molecule has 2 rings (SSSR count). The predicted molar refractivity (Wildman–Crippen MR) is 92.2 cm³/mol. The van der Waals surface area contributed by atoms with E-state index in [-0.39, 0.29) is 17.9 Å². The van der Waals surface area contributed by atoms with Crippen molar-refractivity contribution in [2.45, 2.75) is 26.4 Å². The topological polar surface area (TPSA) is 87.5 Å². The van der Waals surface area contributed by atoms with Crippen LogP contribution in [0, 0.1) is 5.92 Å². The Kier molecular flexibility index (Phi) is 6.21. The van der Waals surface area contributed by atoms with E-state index in [1.54, 1.807) is 29.3 Å². The molecule has 25 heavy (non-hydrogen) atoms. The van der Waals surface area contributed by atoms with Crippen LogP contribution in [0.5, 0.6) is 17.2 Å². The summed E-state index contributed by atoms with van der Waals surface area (Å²) in [5.41, 5.74) is 0.374. The van der Waals surface area contributed by atoms with Crippen molar-refractivity contribution in [3.05, 3.63) is 30.1 Å². The van der Waals surface area contributed by atoms with Gasteiger partial charge in [0.25, 0.3) is 5.91 Å². The molecular formula is C17H24N4O4. The number of hydrogen-bond acceptors (Lipinski definition) is 6. The minimum atomic E-state index is -0.261. The normalized spacial score (nSPS) is 11.9. The number of methoxy groups -OCH3 is 3. The average Bonchev–Trinajstić information content (AvgIpc) is 3.12. The summed E-state index contributed by atoms with van der Waals surface area (Å²) >= 11 is 0. The van der Waals surface area contributed by atoms with Crippen LogP contribution in [0.2, 0.25) is 0 Å². The fourth-order valence-electron chi connectivity index (χ4n) is 2.46. The molecule has 8 nitrogen and oxygen atoms in total. The van der Waals surface area contributed by atoms with Gasteiger partial charge in [0.1, 0.15) is 0 Å². The summed E-state index contributed by atoms with van der Waals surface area (Å²) in [5, 5.41) is 11.2. The fraction of sp³-hybridized carbons (Fsp3) is 0.471. The van der Waals surface area contributed by atoms with Crippen LogP contribution < -0.4 is 19.5 Å². The van der Waals surface area contributed by atoms with Crippen LogP contribution in [0.15, 0.2) is 24.5 Å². The summed E-state index contributed by atoms with van der Waals surface area (Å²) < 4.78 is 16.0. The van der Waals surface area contributed by atoms with Crippen molar-refractivity contribution in [3.63, 3.8) is 0 Å². The Morgan fingerprint density at radius 2 is 1.72 bits per heavy atom. The largest absolute Gasteiger partial charge is 0.493 e. The molecule has 0 aliphatic heterocycles. The van der Waals surface area contributed by atoms with Crippen molar-refractivity contribution in [2.75, 3.05) is 21.3 Å². The zero-order chi connectivity index (χ0) is 18.4. The molecule has 0 aliphatic rings. The van der Waals surface area contributed by atoms with Crippen LogP contribution >= 0.6 is 0 Å². The first-order chi connectivity index (χ1) is 12.0. The summed E-state index contributed by atoms with van der Waals surface area (Å²) in [7, 11) is 4.52. The summed E-state index contributed by atoms with van der Waals surface area (Å²) in [4.78, 5) is 14.4. The van der Waals surface area contributed by atoms with E-state index in [2.05, 4.69) is 15.5 Å². The molecule has 0 saturated carbocycles. The summed E-state index contributed by atoms with van der Waals surface area (Å²) in [5.74, 6) is 1.15. The molecule has 1 unspecified atom stereocenters. The van der Waals surface area contributed by atoms with Crippen LogP contribution in [-0.2, 0) is 6.54 Å². The number of benzene rings is 1. The molecule has 136 valence electrons. The molecule has 2 aromatic rings. The third kappa shape index (κ3) is 4.20. The van der Waals surface area contributed by atoms with Crippen LogP contribution in [0.4, 0.5) is 0 Å². The minimum Gasteiger partial charge on any atom is -0.493 e. The zero-order valence-corrected chi connectivity index (χ0v) is 15.1. The Morgan fingerprint density at radius 1 is 1.08 bits per heavy atom. The van der Waals surface area contributed by atoms with Gasteiger partial charge in [-0.05, 0) is 18.1 Å².